The van der Waals surface area contributed by atoms with Gasteiger partial charge in [-0.05, 0) is 6.07 Å². The Balaban J connectivity index is 1.57. The topological polar surface area (TPSA) is 91.8 Å². The summed E-state index contributed by atoms with van der Waals surface area (Å²) in [5.41, 5.74) is -1.58. The van der Waals surface area contributed by atoms with Crippen LogP contribution in [-0.2, 0) is 4.74 Å². The minimum atomic E-state index is -1.98. The molecule has 4 rings (SSSR count). The minimum absolute atomic E-state index is 0.0130. The molecule has 3 aromatic rings. The number of pyridine rings is 1. The lowest BCUT2D eigenvalue weighted by Gasteiger charge is -2.26. The average Bonchev–Trinajstić information content (AvgIpc) is 3.09. The largest absolute Gasteiger partial charge is 0.461 e. The molecule has 0 unspecified atom stereocenters. The van der Waals surface area contributed by atoms with Crippen molar-refractivity contribution in [1.82, 2.24) is 9.97 Å². The van der Waals surface area contributed by atoms with E-state index in [1.807, 2.05) is 0 Å². The van der Waals surface area contributed by atoms with E-state index in [1.54, 1.807) is 0 Å². The molecule has 3 heterocycles. The van der Waals surface area contributed by atoms with E-state index in [-0.39, 0.29) is 24.0 Å². The van der Waals surface area contributed by atoms with Crippen LogP contribution in [0.4, 0.5) is 18.9 Å². The first kappa shape index (κ1) is 19.3. The normalized spacial score (nSPS) is 19.0. The quantitative estimate of drug-likeness (QED) is 0.590. The Hall–Kier alpha value is -2.98. The maximum Gasteiger partial charge on any atom is 0.289 e. The summed E-state index contributed by atoms with van der Waals surface area (Å²) >= 11 is 6.07. The van der Waals surface area contributed by atoms with Crippen LogP contribution >= 0.6 is 11.6 Å². The standard InChI is InChI=1S/C18H14ClF3N4O3/c19-10-5-24-16-14(10)13(1-2-23-16)29-15-11(20)3-9(4-12(15)21)26-17-25-6-18(22,7-27)8-28-17/h1-5,27H,6-8H2,(H,23,24)(H,25,26)/t18-/m1/s1. The van der Waals surface area contributed by atoms with Crippen LogP contribution in [0.2, 0.25) is 5.02 Å². The van der Waals surface area contributed by atoms with Gasteiger partial charge in [-0.25, -0.2) is 23.1 Å². The summed E-state index contributed by atoms with van der Waals surface area (Å²) < 4.78 is 53.4. The summed E-state index contributed by atoms with van der Waals surface area (Å²) in [7, 11) is 0. The van der Waals surface area contributed by atoms with E-state index < -0.39 is 36.3 Å². The van der Waals surface area contributed by atoms with Gasteiger partial charge in [-0.1, -0.05) is 11.6 Å². The van der Waals surface area contributed by atoms with Gasteiger partial charge in [-0.2, -0.15) is 0 Å². The van der Waals surface area contributed by atoms with Crippen LogP contribution in [0.5, 0.6) is 11.5 Å². The summed E-state index contributed by atoms with van der Waals surface area (Å²) in [5, 5.41) is 12.2. The fourth-order valence-electron chi connectivity index (χ4n) is 2.71. The second kappa shape index (κ2) is 7.45. The number of aromatic nitrogens is 2. The van der Waals surface area contributed by atoms with Crippen LogP contribution in [0.3, 0.4) is 0 Å². The van der Waals surface area contributed by atoms with Gasteiger partial charge < -0.3 is 24.9 Å². The molecule has 29 heavy (non-hydrogen) atoms. The number of aliphatic imine (C=N–C) groups is 1. The molecule has 1 aliphatic heterocycles. The maximum atomic E-state index is 14.5. The lowest BCUT2D eigenvalue weighted by atomic mass is 10.1. The monoisotopic (exact) mass is 426 g/mol. The number of fused-ring (bicyclic) bond motifs is 1. The van der Waals surface area contributed by atoms with Crippen LogP contribution in [0.25, 0.3) is 11.0 Å². The molecule has 0 fully saturated rings. The number of hydrogen-bond acceptors (Lipinski definition) is 6. The molecule has 1 aliphatic rings. The number of nitrogens with zero attached hydrogens (tertiary/aromatic N) is 2. The van der Waals surface area contributed by atoms with Crippen LogP contribution in [-0.4, -0.2) is 46.5 Å². The zero-order valence-corrected chi connectivity index (χ0v) is 15.4. The number of amidine groups is 1. The molecule has 2 aromatic heterocycles. The van der Waals surface area contributed by atoms with Gasteiger partial charge in [0.15, 0.2) is 23.1 Å². The van der Waals surface area contributed by atoms with Gasteiger partial charge in [0, 0.05) is 30.2 Å². The number of nitrogens with one attached hydrogen (secondary N) is 2. The third-order valence-electron chi connectivity index (χ3n) is 4.21. The van der Waals surface area contributed by atoms with E-state index in [1.165, 1.54) is 18.5 Å². The smallest absolute Gasteiger partial charge is 0.289 e. The highest BCUT2D eigenvalue weighted by Crippen LogP contribution is 2.36. The highest BCUT2D eigenvalue weighted by atomic mass is 35.5. The molecule has 0 radical (unpaired) electrons. The van der Waals surface area contributed by atoms with Gasteiger partial charge in [0.2, 0.25) is 0 Å². The molecule has 0 aliphatic carbocycles. The summed E-state index contributed by atoms with van der Waals surface area (Å²) in [6, 6.07) is 3.27. The fourth-order valence-corrected chi connectivity index (χ4v) is 2.95. The van der Waals surface area contributed by atoms with Crippen molar-refractivity contribution in [1.29, 1.82) is 0 Å². The maximum absolute atomic E-state index is 14.5. The third kappa shape index (κ3) is 3.81. The molecule has 3 N–H and O–H groups in total. The molecule has 0 bridgehead atoms. The van der Waals surface area contributed by atoms with Gasteiger partial charge in [0.25, 0.3) is 6.02 Å². The lowest BCUT2D eigenvalue weighted by Crippen LogP contribution is -2.43. The number of H-pyrrole nitrogens is 1. The van der Waals surface area contributed by atoms with E-state index in [2.05, 4.69) is 20.3 Å². The Morgan fingerprint density at radius 1 is 1.34 bits per heavy atom. The van der Waals surface area contributed by atoms with Gasteiger partial charge in [0.1, 0.15) is 18.0 Å². The minimum Gasteiger partial charge on any atom is -0.461 e. The van der Waals surface area contributed by atoms with Crippen LogP contribution in [0.1, 0.15) is 0 Å². The van der Waals surface area contributed by atoms with Gasteiger partial charge in [0.05, 0.1) is 23.6 Å². The van der Waals surface area contributed by atoms with Crippen molar-refractivity contribution < 1.29 is 27.8 Å². The fraction of sp³-hybridized carbons (Fsp3) is 0.222. The SMILES string of the molecule is OC[C@]1(F)CN=C(Nc2cc(F)c(Oc3ccnc4[nH]cc(Cl)c34)c(F)c2)OC1. The predicted octanol–water partition coefficient (Wildman–Crippen LogP) is 3.79. The molecular formula is C18H14ClF3N4O3. The first-order valence-electron chi connectivity index (χ1n) is 8.41. The van der Waals surface area contributed by atoms with Crippen LogP contribution in [0, 0.1) is 11.6 Å². The van der Waals surface area contributed by atoms with Crippen molar-refractivity contribution in [2.45, 2.75) is 5.67 Å². The lowest BCUT2D eigenvalue weighted by molar-refractivity contribution is 0.0181. The van der Waals surface area contributed by atoms with Crippen LogP contribution in [0.15, 0.2) is 35.6 Å². The molecule has 152 valence electrons. The molecule has 7 nitrogen and oxygen atoms in total. The zero-order valence-electron chi connectivity index (χ0n) is 14.7. The van der Waals surface area contributed by atoms with Crippen LogP contribution < -0.4 is 10.1 Å². The predicted molar refractivity (Wildman–Crippen MR) is 100 cm³/mol. The highest BCUT2D eigenvalue weighted by Gasteiger charge is 2.34. The number of anilines is 1. The third-order valence-corrected chi connectivity index (χ3v) is 4.50. The Bertz CT molecular complexity index is 1080. The first-order chi connectivity index (χ1) is 13.9. The number of alkyl halides is 1. The molecule has 0 spiro atoms. The molecular weight excluding hydrogens is 413 g/mol. The Morgan fingerprint density at radius 3 is 2.76 bits per heavy atom. The summed E-state index contributed by atoms with van der Waals surface area (Å²) in [6.07, 6.45) is 2.89. The van der Waals surface area contributed by atoms with Crippen molar-refractivity contribution in [2.75, 3.05) is 25.1 Å². The highest BCUT2D eigenvalue weighted by molar-refractivity contribution is 6.36. The zero-order chi connectivity index (χ0) is 20.6. The number of aromatic amines is 1. The Kier molecular flexibility index (Phi) is 4.97. The van der Waals surface area contributed by atoms with E-state index in [9.17, 15) is 13.2 Å². The molecule has 1 aromatic carbocycles. The first-order valence-corrected chi connectivity index (χ1v) is 8.79. The number of halogens is 4. The van der Waals surface area contributed by atoms with Crippen molar-refractivity contribution >= 4 is 34.3 Å². The number of hydrogen-bond donors (Lipinski definition) is 3. The molecule has 0 amide bonds. The number of benzene rings is 1. The van der Waals surface area contributed by atoms with Crippen molar-refractivity contribution in [3.8, 4) is 11.5 Å². The molecule has 0 saturated carbocycles. The van der Waals surface area contributed by atoms with E-state index in [0.717, 1.165) is 12.1 Å². The van der Waals surface area contributed by atoms with Crippen molar-refractivity contribution in [3.63, 3.8) is 0 Å². The van der Waals surface area contributed by atoms with Gasteiger partial charge in [-0.15, -0.1) is 0 Å². The summed E-state index contributed by atoms with van der Waals surface area (Å²) in [4.78, 5) is 10.7. The average molecular weight is 427 g/mol. The molecule has 11 heteroatoms. The number of ether oxygens (including phenoxy) is 2. The summed E-state index contributed by atoms with van der Waals surface area (Å²) in [6.45, 7) is -1.52. The summed E-state index contributed by atoms with van der Waals surface area (Å²) in [5.74, 6) is -2.48. The number of rotatable bonds is 4. The molecule has 0 saturated heterocycles. The van der Waals surface area contributed by atoms with Gasteiger partial charge in [-0.3, -0.25) is 0 Å². The van der Waals surface area contributed by atoms with Crippen molar-refractivity contribution in [3.05, 3.63) is 47.2 Å². The van der Waals surface area contributed by atoms with Gasteiger partial charge >= 0.3 is 0 Å². The van der Waals surface area contributed by atoms with Crippen molar-refractivity contribution in [2.24, 2.45) is 4.99 Å². The Morgan fingerprint density at radius 2 is 2.10 bits per heavy atom. The van der Waals surface area contributed by atoms with E-state index >= 15 is 0 Å². The number of aliphatic hydroxyl groups excluding tert-OH is 1. The second-order valence-corrected chi connectivity index (χ2v) is 6.79. The molecule has 1 atom stereocenters. The number of aliphatic hydroxyl groups is 1. The Labute approximate surface area is 167 Å². The van der Waals surface area contributed by atoms with E-state index in [0.29, 0.717) is 16.1 Å². The van der Waals surface area contributed by atoms with E-state index in [4.69, 9.17) is 26.2 Å². The second-order valence-electron chi connectivity index (χ2n) is 6.38.